The van der Waals surface area contributed by atoms with Crippen LogP contribution >= 0.6 is 0 Å². The summed E-state index contributed by atoms with van der Waals surface area (Å²) in [5.74, 6) is 3.60. The molecule has 0 saturated heterocycles. The summed E-state index contributed by atoms with van der Waals surface area (Å²) >= 11 is 0. The van der Waals surface area contributed by atoms with Crippen molar-refractivity contribution in [2.45, 2.75) is 47.0 Å². The number of ether oxygens (including phenoxy) is 3. The molecule has 694 valence electrons. The summed E-state index contributed by atoms with van der Waals surface area (Å²) in [6, 6.07) is 121. The van der Waals surface area contributed by atoms with Gasteiger partial charge in [0, 0.05) is 156 Å². The molecule has 0 radical (unpaired) electrons. The van der Waals surface area contributed by atoms with Crippen molar-refractivity contribution in [1.29, 1.82) is 0 Å². The van der Waals surface area contributed by atoms with Crippen LogP contribution in [0.5, 0.6) is 34.5 Å². The van der Waals surface area contributed by atoms with Gasteiger partial charge in [-0.15, -0.1) is 89.0 Å². The number of nitrogens with zero attached hydrogens (tertiary/aromatic N) is 15. The summed E-state index contributed by atoms with van der Waals surface area (Å²) in [7, 11) is 0. The number of imidazole rings is 3. The molecule has 0 aliphatic carbocycles. The normalized spacial score (nSPS) is 12.0. The molecule has 0 aliphatic rings. The second-order valence-corrected chi connectivity index (χ2v) is 37.6. The van der Waals surface area contributed by atoms with Crippen LogP contribution in [0.2, 0.25) is 0 Å². The first kappa shape index (κ1) is 88.4. The average Bonchev–Trinajstić information content (AvgIpc) is 1.49. The summed E-state index contributed by atoms with van der Waals surface area (Å²) in [5, 5.41) is 22.7. The molecule has 18 aromatic heterocycles. The fourth-order valence-corrected chi connectivity index (χ4v) is 22.1. The zero-order valence-corrected chi connectivity index (χ0v) is 85.1. The summed E-state index contributed by atoms with van der Waals surface area (Å²) in [6.07, 6.45) is 17.3. The van der Waals surface area contributed by atoms with Crippen LogP contribution in [0.15, 0.2) is 347 Å². The van der Waals surface area contributed by atoms with Gasteiger partial charge in [-0.3, -0.25) is 15.0 Å². The van der Waals surface area contributed by atoms with Crippen molar-refractivity contribution in [1.82, 2.24) is 71.3 Å². The van der Waals surface area contributed by atoms with Crippen LogP contribution in [0.25, 0.3) is 242 Å². The van der Waals surface area contributed by atoms with Gasteiger partial charge in [0.25, 0.3) is 0 Å². The third-order valence-electron chi connectivity index (χ3n) is 28.4. The monoisotopic (exact) mass is 2410 g/mol. The predicted octanol–water partition coefficient (Wildman–Crippen LogP) is 29.8. The number of aryl methyl sites for hydroxylation is 3. The SMILES string of the molecule is Cc1ccccc1-c1cn2c(n1)c1[c-]c(Oc3[c-]c4c(cc3)c3cccc5c6c(-c7ccccc7)ccnc6n4c35)ccc1c1cccnc12.Cc1ccccc1-c1cn2c(n1)c1[c-]c(Oc3[c-]c4c(cc3)c3cccc5c6c(C(C)(C)C)ccnc6n4c35)ccc1c1cccnc12.Cc1ccccc1-c1cn2c(n1)c1[c-]c(Oc3[c-]c4c(cc3)c3cccc5c6cccnc6n4c35)ccc1c1cccnc12.[Pt+2].[Pt+2].[Pt+2]. The van der Waals surface area contributed by atoms with Crippen molar-refractivity contribution in [3.63, 3.8) is 0 Å². The smallest absolute Gasteiger partial charge is 0.503 e. The van der Waals surface area contributed by atoms with Crippen molar-refractivity contribution in [3.8, 4) is 79.4 Å². The van der Waals surface area contributed by atoms with Crippen molar-refractivity contribution in [3.05, 3.63) is 406 Å². The number of hydrogen-bond acceptors (Lipinski definition) is 12. The number of aromatic nitrogens is 15. The Balaban J connectivity index is 0.000000110. The van der Waals surface area contributed by atoms with Gasteiger partial charge in [-0.1, -0.05) is 264 Å². The van der Waals surface area contributed by atoms with E-state index in [0.717, 1.165) is 193 Å². The van der Waals surface area contributed by atoms with Gasteiger partial charge >= 0.3 is 63.2 Å². The Morgan fingerprint density at radius 3 is 0.931 bits per heavy atom. The van der Waals surface area contributed by atoms with Crippen LogP contribution in [0, 0.1) is 57.2 Å². The van der Waals surface area contributed by atoms with Crippen molar-refractivity contribution < 1.29 is 77.4 Å². The minimum Gasteiger partial charge on any atom is -0.503 e. The third kappa shape index (κ3) is 13.7. The first-order valence-electron chi connectivity index (χ1n) is 47.4. The van der Waals surface area contributed by atoms with Gasteiger partial charge in [0.15, 0.2) is 0 Å². The van der Waals surface area contributed by atoms with Crippen LogP contribution in [0.4, 0.5) is 0 Å². The minimum atomic E-state index is -0.0265. The molecule has 18 nitrogen and oxygen atoms in total. The van der Waals surface area contributed by atoms with E-state index in [0.29, 0.717) is 34.5 Å². The van der Waals surface area contributed by atoms with E-state index in [-0.39, 0.29) is 68.6 Å². The number of fused-ring (bicyclic) bond motifs is 36. The molecular formula is C124H75N15O3Pt3. The van der Waals surface area contributed by atoms with Crippen molar-refractivity contribution in [2.75, 3.05) is 0 Å². The van der Waals surface area contributed by atoms with E-state index in [1.54, 1.807) is 0 Å². The molecule has 0 bridgehead atoms. The Morgan fingerprint density at radius 1 is 0.234 bits per heavy atom. The van der Waals surface area contributed by atoms with E-state index >= 15 is 0 Å². The molecule has 0 atom stereocenters. The number of hydrogen-bond donors (Lipinski definition) is 0. The van der Waals surface area contributed by atoms with Crippen LogP contribution < -0.4 is 14.2 Å². The van der Waals surface area contributed by atoms with Gasteiger partial charge in [-0.05, 0) is 134 Å². The molecular weight excluding hydrogens is 2330 g/mol. The maximum absolute atomic E-state index is 6.56. The van der Waals surface area contributed by atoms with Crippen LogP contribution in [-0.4, -0.2) is 71.3 Å². The van der Waals surface area contributed by atoms with Gasteiger partial charge in [0.1, 0.15) is 33.9 Å². The average molecular weight is 2410 g/mol. The Bertz CT molecular complexity index is 10800. The molecule has 0 amide bonds. The Kier molecular flexibility index (Phi) is 20.7. The molecule has 21 heteroatoms. The van der Waals surface area contributed by atoms with Gasteiger partial charge < -0.3 is 40.6 Å². The van der Waals surface area contributed by atoms with E-state index in [4.69, 9.17) is 59.1 Å². The van der Waals surface area contributed by atoms with Crippen LogP contribution in [-0.2, 0) is 68.6 Å². The van der Waals surface area contributed by atoms with Gasteiger partial charge in [-0.2, -0.15) is 18.2 Å². The Labute approximate surface area is 870 Å². The maximum Gasteiger partial charge on any atom is 2.00 e. The van der Waals surface area contributed by atoms with E-state index in [1.807, 2.05) is 140 Å². The summed E-state index contributed by atoms with van der Waals surface area (Å²) < 4.78 is 32.5. The Hall–Kier alpha value is -16.7. The largest absolute Gasteiger partial charge is 2.00 e. The molecule has 31 rings (SSSR count). The predicted molar refractivity (Wildman–Crippen MR) is 569 cm³/mol. The number of pyridine rings is 9. The second-order valence-electron chi connectivity index (χ2n) is 37.6. The Morgan fingerprint density at radius 2 is 0.538 bits per heavy atom. The first-order chi connectivity index (χ1) is 69.8. The second kappa shape index (κ2) is 34.0. The van der Waals surface area contributed by atoms with E-state index in [2.05, 4.69) is 311 Å². The minimum absolute atomic E-state index is 0. The first-order valence-corrected chi connectivity index (χ1v) is 47.4. The molecule has 0 saturated carbocycles. The van der Waals surface area contributed by atoms with E-state index < -0.39 is 0 Å². The summed E-state index contributed by atoms with van der Waals surface area (Å²) in [6.45, 7) is 13.1. The van der Waals surface area contributed by atoms with Gasteiger partial charge in [0.05, 0.1) is 34.0 Å². The zero-order valence-electron chi connectivity index (χ0n) is 78.3. The maximum atomic E-state index is 6.56. The summed E-state index contributed by atoms with van der Waals surface area (Å²) in [4.78, 5) is 44.2. The van der Waals surface area contributed by atoms with Crippen molar-refractivity contribution >= 4 is 197 Å². The van der Waals surface area contributed by atoms with Crippen molar-refractivity contribution in [2.24, 2.45) is 0 Å². The number of rotatable bonds is 10. The number of benzene rings is 13. The zero-order chi connectivity index (χ0) is 94.2. The fourth-order valence-electron chi connectivity index (χ4n) is 22.1. The molecule has 0 aliphatic heterocycles. The topological polar surface area (TPSA) is 170 Å². The molecule has 31 aromatic rings. The third-order valence-corrected chi connectivity index (χ3v) is 28.4. The molecule has 13 aromatic carbocycles. The quantitative estimate of drug-likeness (QED) is 0.0939. The van der Waals surface area contributed by atoms with Crippen LogP contribution in [0.3, 0.4) is 0 Å². The molecule has 145 heavy (non-hydrogen) atoms. The molecule has 0 N–H and O–H groups in total. The van der Waals surface area contributed by atoms with Gasteiger partial charge in [-0.25, -0.2) is 29.9 Å². The molecule has 0 unspecified atom stereocenters. The standard InChI is InChI=1S/C44H25N5O.C42H29N5O.C38H21N5O.3Pt/c1-26-9-5-6-12-30(26)38-25-48-42-35(15-8-21-45-42)32-18-16-28(23-37(32)43(48)47-38)50-29-17-19-33-34-13-7-14-36-40-31(27-10-3-2-4-11-27)20-22-46-44(40)49(41(34)36)39(33)24-29;1-24-9-5-6-10-27(24)35-23-46-39-31(13-8-19-43-39)28-16-14-25(21-33(28)40(46)45-35)48-26-15-17-29-30-11-7-12-32-37-34(42(2,3)4)18-20-44-41(37)47(38(30)32)36(29)22-26;1-22-7-2-3-8-25(22)33-21-42-36-30(11-5-17-39-36)26-15-13-23(19-32(26)38(42)41-33)44-24-14-16-27-28-9-4-10-29-31-12-6-18-40-37(31)43(35(28)29)34(27)20-24;;;/h2-22,25H,1H3;5-20,23H,1-4H3;2-18,21H,1H3;;;/q3*-2;3*+2. The molecule has 0 fully saturated rings. The van der Waals surface area contributed by atoms with E-state index in [9.17, 15) is 0 Å². The number of para-hydroxylation sites is 3. The van der Waals surface area contributed by atoms with E-state index in [1.165, 1.54) is 71.0 Å². The van der Waals surface area contributed by atoms with Gasteiger partial charge in [0.2, 0.25) is 0 Å². The molecule has 18 heterocycles. The summed E-state index contributed by atoms with van der Waals surface area (Å²) in [5.41, 5.74) is 27.0. The molecule has 0 spiro atoms. The fraction of sp³-hybridized carbons (Fsp3) is 0.0565. The van der Waals surface area contributed by atoms with Crippen LogP contribution in [0.1, 0.15) is 43.0 Å².